The van der Waals surface area contributed by atoms with Crippen molar-refractivity contribution in [1.82, 2.24) is 0 Å². The van der Waals surface area contributed by atoms with E-state index in [1.165, 1.54) is 6.42 Å². The predicted molar refractivity (Wildman–Crippen MR) is 55.4 cm³/mol. The van der Waals surface area contributed by atoms with Crippen LogP contribution in [-0.4, -0.2) is 20.9 Å². The summed E-state index contributed by atoms with van der Waals surface area (Å²) in [4.78, 5) is 0. The normalized spacial score (nSPS) is 19.5. The Morgan fingerprint density at radius 2 is 2.54 bits per heavy atom. The van der Waals surface area contributed by atoms with Gasteiger partial charge in [-0.2, -0.15) is 0 Å². The third-order valence-electron chi connectivity index (χ3n) is 1.77. The van der Waals surface area contributed by atoms with Crippen LogP contribution < -0.4 is 0 Å². The topological polar surface area (TPSA) is 0 Å². The zero-order valence-electron chi connectivity index (χ0n) is 7.16. The summed E-state index contributed by atoms with van der Waals surface area (Å²) in [5.74, 6) is 6.52. The van der Waals surface area contributed by atoms with Crippen molar-refractivity contribution in [3.05, 3.63) is 46.1 Å². The molecule has 2 rings (SSSR count). The Hall–Kier alpha value is -0.690. The molecule has 1 radical (unpaired) electrons. The van der Waals surface area contributed by atoms with Gasteiger partial charge in [0.1, 0.15) is 0 Å². The molecule has 0 N–H and O–H groups in total. The fourth-order valence-electron chi connectivity index (χ4n) is 1.11. The summed E-state index contributed by atoms with van der Waals surface area (Å²) in [6.07, 6.45) is 3.44. The molecular weight excluding hydrogens is 272 g/mol. The molecule has 13 heavy (non-hydrogen) atoms. The van der Waals surface area contributed by atoms with Crippen LogP contribution in [0.2, 0.25) is 3.97 Å². The van der Waals surface area contributed by atoms with E-state index in [-0.39, 0.29) is 20.9 Å². The molecule has 1 aromatic rings. The third kappa shape index (κ3) is 2.63. The summed E-state index contributed by atoms with van der Waals surface area (Å²) in [6.45, 7) is 0. The quantitative estimate of drug-likeness (QED) is 0.505. The van der Waals surface area contributed by atoms with Crippen molar-refractivity contribution in [2.45, 2.75) is 10.4 Å². The number of allylic oxidation sites excluding steroid dienone is 1. The molecule has 0 fully saturated rings. The van der Waals surface area contributed by atoms with Crippen molar-refractivity contribution >= 4 is 20.9 Å². The first-order chi connectivity index (χ1) is 6.45. The molecular formula is C12H9Te. The Balaban J connectivity index is 2.04. The molecule has 0 saturated carbocycles. The van der Waals surface area contributed by atoms with Gasteiger partial charge in [0.2, 0.25) is 0 Å². The number of hydrogen-bond acceptors (Lipinski definition) is 0. The molecule has 1 heterocycles. The van der Waals surface area contributed by atoms with Gasteiger partial charge in [-0.1, -0.05) is 0 Å². The van der Waals surface area contributed by atoms with Gasteiger partial charge in [-0.15, -0.1) is 0 Å². The first-order valence-electron chi connectivity index (χ1n) is 4.23. The van der Waals surface area contributed by atoms with Gasteiger partial charge in [-0.25, -0.2) is 0 Å². The molecule has 1 aromatic carbocycles. The van der Waals surface area contributed by atoms with E-state index in [0.717, 1.165) is 5.56 Å². The summed E-state index contributed by atoms with van der Waals surface area (Å²) in [5, 5.41) is 0. The molecule has 63 valence electrons. The molecule has 1 heteroatoms. The molecule has 1 atom stereocenters. The van der Waals surface area contributed by atoms with Crippen molar-refractivity contribution in [3.8, 4) is 11.8 Å². The minimum atomic E-state index is 0.0498. The van der Waals surface area contributed by atoms with E-state index >= 15 is 0 Å². The van der Waals surface area contributed by atoms with Crippen LogP contribution in [0.5, 0.6) is 0 Å². The van der Waals surface area contributed by atoms with Crippen LogP contribution in [-0.2, 0) is 0 Å². The first-order valence-corrected chi connectivity index (χ1v) is 6.92. The van der Waals surface area contributed by atoms with E-state index in [1.54, 1.807) is 0 Å². The average molecular weight is 281 g/mol. The SMILES string of the molecule is C(#CC1CC=C[Te]1)c1c[c]ccc1. The van der Waals surface area contributed by atoms with Gasteiger partial charge >= 0.3 is 89.2 Å². The van der Waals surface area contributed by atoms with Gasteiger partial charge in [-0.05, 0) is 0 Å². The van der Waals surface area contributed by atoms with Crippen LogP contribution in [0.1, 0.15) is 12.0 Å². The van der Waals surface area contributed by atoms with Crippen molar-refractivity contribution < 1.29 is 0 Å². The van der Waals surface area contributed by atoms with E-state index < -0.39 is 0 Å². The van der Waals surface area contributed by atoms with Crippen LogP contribution in [0.3, 0.4) is 0 Å². The summed E-state index contributed by atoms with van der Waals surface area (Å²) in [5.41, 5.74) is 1.09. The van der Waals surface area contributed by atoms with Crippen molar-refractivity contribution in [2.75, 3.05) is 0 Å². The van der Waals surface area contributed by atoms with E-state index in [9.17, 15) is 0 Å². The summed E-state index contributed by atoms with van der Waals surface area (Å²) < 4.78 is 3.01. The maximum atomic E-state index is 3.32. The molecule has 0 aliphatic carbocycles. The maximum absolute atomic E-state index is 3.32. The number of hydrogen-bond donors (Lipinski definition) is 0. The molecule has 0 bridgehead atoms. The number of rotatable bonds is 0. The minimum absolute atomic E-state index is 0.0498. The third-order valence-corrected chi connectivity index (χ3v) is 4.59. The Kier molecular flexibility index (Phi) is 3.09. The second kappa shape index (κ2) is 4.52. The molecule has 0 saturated heterocycles. The molecule has 1 unspecified atom stereocenters. The van der Waals surface area contributed by atoms with Crippen molar-refractivity contribution in [2.24, 2.45) is 0 Å². The molecule has 1 aliphatic rings. The number of benzene rings is 1. The zero-order valence-corrected chi connectivity index (χ0v) is 9.49. The molecule has 0 aromatic heterocycles. The summed E-state index contributed by atoms with van der Waals surface area (Å²) >= 11 is 0.0498. The van der Waals surface area contributed by atoms with Gasteiger partial charge < -0.3 is 0 Å². The van der Waals surface area contributed by atoms with Gasteiger partial charge in [0.15, 0.2) is 0 Å². The van der Waals surface area contributed by atoms with E-state index in [2.05, 4.69) is 28.1 Å². The van der Waals surface area contributed by atoms with E-state index in [4.69, 9.17) is 0 Å². The van der Waals surface area contributed by atoms with Crippen LogP contribution in [0.25, 0.3) is 0 Å². The van der Waals surface area contributed by atoms with E-state index in [1.807, 2.05) is 24.3 Å². The summed E-state index contributed by atoms with van der Waals surface area (Å²) in [6, 6.07) is 10.9. The van der Waals surface area contributed by atoms with Gasteiger partial charge in [-0.3, -0.25) is 0 Å². The average Bonchev–Trinajstić information content (AvgIpc) is 2.69. The molecule has 0 amide bonds. The second-order valence-corrected chi connectivity index (χ2v) is 5.97. The van der Waals surface area contributed by atoms with Crippen LogP contribution in [0.4, 0.5) is 0 Å². The predicted octanol–water partition coefficient (Wildman–Crippen LogP) is 2.25. The Labute approximate surface area is 89.1 Å². The monoisotopic (exact) mass is 283 g/mol. The second-order valence-electron chi connectivity index (χ2n) is 2.79. The van der Waals surface area contributed by atoms with Crippen molar-refractivity contribution in [3.63, 3.8) is 0 Å². The summed E-state index contributed by atoms with van der Waals surface area (Å²) in [7, 11) is 0. The molecule has 1 aliphatic heterocycles. The fourth-order valence-corrected chi connectivity index (χ4v) is 3.29. The van der Waals surface area contributed by atoms with Crippen LogP contribution in [0.15, 0.2) is 34.5 Å². The van der Waals surface area contributed by atoms with Crippen LogP contribution in [0, 0.1) is 17.9 Å². The van der Waals surface area contributed by atoms with E-state index in [0.29, 0.717) is 3.97 Å². The molecule has 0 spiro atoms. The zero-order chi connectivity index (χ0) is 8.93. The van der Waals surface area contributed by atoms with Gasteiger partial charge in [0, 0.05) is 0 Å². The Bertz CT molecular complexity index is 346. The molecule has 0 nitrogen and oxygen atoms in total. The standard InChI is InChI=1S/C12H9Te/c1-2-5-11(6-3-1)8-9-12-7-4-10-13-12/h1-2,4-6,10,12H,7H2. The Morgan fingerprint density at radius 1 is 1.54 bits per heavy atom. The Morgan fingerprint density at radius 3 is 3.23 bits per heavy atom. The van der Waals surface area contributed by atoms with Crippen LogP contribution >= 0.6 is 0 Å². The van der Waals surface area contributed by atoms with Gasteiger partial charge in [0.25, 0.3) is 0 Å². The fraction of sp³-hybridized carbons (Fsp3) is 0.167. The first kappa shape index (κ1) is 8.89. The van der Waals surface area contributed by atoms with Gasteiger partial charge in [0.05, 0.1) is 0 Å². The van der Waals surface area contributed by atoms with Crippen molar-refractivity contribution in [1.29, 1.82) is 0 Å².